The number of nitrogens with one attached hydrogen (secondary N) is 1. The van der Waals surface area contributed by atoms with Crippen molar-refractivity contribution in [3.8, 4) is 11.5 Å². The topological polar surface area (TPSA) is 67.9 Å². The van der Waals surface area contributed by atoms with E-state index < -0.39 is 0 Å². The number of nitrogens with zero attached hydrogens (tertiary/aromatic N) is 1. The SMILES string of the molecule is COc1ccc([C@H]2CCCN2C(=O)c2cccc(NC(C)=O)c2)cc1OC. The van der Waals surface area contributed by atoms with Crippen LogP contribution in [-0.2, 0) is 4.79 Å². The van der Waals surface area contributed by atoms with E-state index in [2.05, 4.69) is 5.32 Å². The van der Waals surface area contributed by atoms with E-state index in [1.54, 1.807) is 38.5 Å². The number of hydrogen-bond acceptors (Lipinski definition) is 4. The van der Waals surface area contributed by atoms with Gasteiger partial charge in [0, 0.05) is 24.7 Å². The molecule has 2 amide bonds. The lowest BCUT2D eigenvalue weighted by Crippen LogP contribution is -2.30. The average Bonchev–Trinajstić information content (AvgIpc) is 3.16. The molecule has 1 saturated heterocycles. The Balaban J connectivity index is 1.86. The molecule has 27 heavy (non-hydrogen) atoms. The van der Waals surface area contributed by atoms with Crippen molar-refractivity contribution in [2.45, 2.75) is 25.8 Å². The first kappa shape index (κ1) is 18.8. The number of carbonyl (C=O) groups excluding carboxylic acids is 2. The number of ether oxygens (including phenoxy) is 2. The number of methoxy groups -OCH3 is 2. The highest BCUT2D eigenvalue weighted by Gasteiger charge is 2.31. The molecule has 2 aromatic rings. The Hall–Kier alpha value is -3.02. The van der Waals surface area contributed by atoms with Gasteiger partial charge in [-0.1, -0.05) is 12.1 Å². The fourth-order valence-corrected chi connectivity index (χ4v) is 3.52. The average molecular weight is 368 g/mol. The van der Waals surface area contributed by atoms with E-state index in [-0.39, 0.29) is 17.9 Å². The van der Waals surface area contributed by atoms with Gasteiger partial charge in [0.15, 0.2) is 11.5 Å². The van der Waals surface area contributed by atoms with Crippen molar-refractivity contribution in [3.05, 3.63) is 53.6 Å². The Morgan fingerprint density at radius 2 is 1.85 bits per heavy atom. The van der Waals surface area contributed by atoms with Gasteiger partial charge in [0.05, 0.1) is 20.3 Å². The summed E-state index contributed by atoms with van der Waals surface area (Å²) < 4.78 is 10.7. The van der Waals surface area contributed by atoms with Gasteiger partial charge in [-0.05, 0) is 48.7 Å². The summed E-state index contributed by atoms with van der Waals surface area (Å²) in [6.07, 6.45) is 1.84. The standard InChI is InChI=1S/C21H24N2O4/c1-14(24)22-17-7-4-6-16(12-17)21(25)23-11-5-8-18(23)15-9-10-19(26-2)20(13-15)27-3/h4,6-7,9-10,12-13,18H,5,8,11H2,1-3H3,(H,22,24)/t18-/m1/s1. The van der Waals surface area contributed by atoms with Crippen LogP contribution in [0.4, 0.5) is 5.69 Å². The summed E-state index contributed by atoms with van der Waals surface area (Å²) >= 11 is 0. The Bertz CT molecular complexity index is 850. The van der Waals surface area contributed by atoms with Crippen molar-refractivity contribution in [3.63, 3.8) is 0 Å². The van der Waals surface area contributed by atoms with E-state index in [1.165, 1.54) is 6.92 Å². The second-order valence-corrected chi connectivity index (χ2v) is 6.53. The molecule has 0 unspecified atom stereocenters. The molecular weight excluding hydrogens is 344 g/mol. The zero-order valence-corrected chi connectivity index (χ0v) is 15.8. The van der Waals surface area contributed by atoms with Crippen LogP contribution in [-0.4, -0.2) is 37.5 Å². The summed E-state index contributed by atoms with van der Waals surface area (Å²) in [4.78, 5) is 26.3. The van der Waals surface area contributed by atoms with Gasteiger partial charge in [-0.25, -0.2) is 0 Å². The predicted octanol–water partition coefficient (Wildman–Crippen LogP) is 3.64. The molecule has 6 heteroatoms. The number of likely N-dealkylation sites (tertiary alicyclic amines) is 1. The normalized spacial score (nSPS) is 16.1. The molecule has 0 saturated carbocycles. The molecule has 142 valence electrons. The van der Waals surface area contributed by atoms with Crippen LogP contribution in [0.15, 0.2) is 42.5 Å². The number of hydrogen-bond donors (Lipinski definition) is 1. The largest absolute Gasteiger partial charge is 0.493 e. The number of rotatable bonds is 5. The minimum Gasteiger partial charge on any atom is -0.493 e. The van der Waals surface area contributed by atoms with Crippen LogP contribution in [0, 0.1) is 0 Å². The molecule has 0 spiro atoms. The van der Waals surface area contributed by atoms with Gasteiger partial charge in [-0.2, -0.15) is 0 Å². The second kappa shape index (κ2) is 8.12. The third-order valence-corrected chi connectivity index (χ3v) is 4.74. The van der Waals surface area contributed by atoms with E-state index >= 15 is 0 Å². The van der Waals surface area contributed by atoms with Gasteiger partial charge >= 0.3 is 0 Å². The first-order valence-corrected chi connectivity index (χ1v) is 8.94. The van der Waals surface area contributed by atoms with Gasteiger partial charge in [-0.15, -0.1) is 0 Å². The summed E-state index contributed by atoms with van der Waals surface area (Å²) in [6, 6.07) is 12.8. The highest BCUT2D eigenvalue weighted by Crippen LogP contribution is 2.37. The van der Waals surface area contributed by atoms with Crippen molar-refractivity contribution in [2.24, 2.45) is 0 Å². The molecule has 0 bridgehead atoms. The molecule has 0 aliphatic carbocycles. The lowest BCUT2D eigenvalue weighted by atomic mass is 10.0. The van der Waals surface area contributed by atoms with E-state index in [9.17, 15) is 9.59 Å². The van der Waals surface area contributed by atoms with Crippen LogP contribution in [0.1, 0.15) is 41.7 Å². The zero-order valence-electron chi connectivity index (χ0n) is 15.8. The van der Waals surface area contributed by atoms with Crippen LogP contribution in [0.5, 0.6) is 11.5 Å². The summed E-state index contributed by atoms with van der Waals surface area (Å²) in [6.45, 7) is 2.14. The zero-order chi connectivity index (χ0) is 19.4. The molecule has 1 fully saturated rings. The van der Waals surface area contributed by atoms with Crippen LogP contribution in [0.25, 0.3) is 0 Å². The highest BCUT2D eigenvalue weighted by atomic mass is 16.5. The number of benzene rings is 2. The molecule has 6 nitrogen and oxygen atoms in total. The van der Waals surface area contributed by atoms with Crippen LogP contribution in [0.2, 0.25) is 0 Å². The Kier molecular flexibility index (Phi) is 5.64. The minimum atomic E-state index is -0.163. The van der Waals surface area contributed by atoms with E-state index in [1.807, 2.05) is 23.1 Å². The summed E-state index contributed by atoms with van der Waals surface area (Å²) in [5, 5.41) is 2.72. The lowest BCUT2D eigenvalue weighted by molar-refractivity contribution is -0.114. The van der Waals surface area contributed by atoms with Gasteiger partial charge in [0.25, 0.3) is 5.91 Å². The molecule has 1 aliphatic rings. The summed E-state index contributed by atoms with van der Waals surface area (Å²) in [5.41, 5.74) is 2.21. The maximum atomic E-state index is 13.1. The summed E-state index contributed by atoms with van der Waals surface area (Å²) in [5.74, 6) is 1.12. The number of anilines is 1. The van der Waals surface area contributed by atoms with E-state index in [0.29, 0.717) is 29.3 Å². The van der Waals surface area contributed by atoms with Crippen LogP contribution in [0.3, 0.4) is 0 Å². The Morgan fingerprint density at radius 3 is 2.56 bits per heavy atom. The van der Waals surface area contributed by atoms with Gasteiger partial charge < -0.3 is 19.7 Å². The van der Waals surface area contributed by atoms with Crippen molar-refractivity contribution in [2.75, 3.05) is 26.1 Å². The molecule has 1 aliphatic heterocycles. The Morgan fingerprint density at radius 1 is 1.07 bits per heavy atom. The van der Waals surface area contributed by atoms with Gasteiger partial charge in [0.1, 0.15) is 0 Å². The van der Waals surface area contributed by atoms with Gasteiger partial charge in [0.2, 0.25) is 5.91 Å². The molecule has 0 aromatic heterocycles. The first-order chi connectivity index (χ1) is 13.0. The van der Waals surface area contributed by atoms with Crippen molar-refractivity contribution in [1.82, 2.24) is 4.90 Å². The van der Waals surface area contributed by atoms with Crippen molar-refractivity contribution < 1.29 is 19.1 Å². The fraction of sp³-hybridized carbons (Fsp3) is 0.333. The first-order valence-electron chi connectivity index (χ1n) is 8.94. The summed E-state index contributed by atoms with van der Waals surface area (Å²) in [7, 11) is 3.21. The predicted molar refractivity (Wildman–Crippen MR) is 103 cm³/mol. The van der Waals surface area contributed by atoms with E-state index in [4.69, 9.17) is 9.47 Å². The molecule has 1 atom stereocenters. The molecule has 0 radical (unpaired) electrons. The second-order valence-electron chi connectivity index (χ2n) is 6.53. The molecule has 1 heterocycles. The highest BCUT2D eigenvalue weighted by molar-refractivity contribution is 5.97. The maximum absolute atomic E-state index is 13.1. The lowest BCUT2D eigenvalue weighted by Gasteiger charge is -2.26. The third kappa shape index (κ3) is 4.05. The van der Waals surface area contributed by atoms with Crippen LogP contribution >= 0.6 is 0 Å². The fourth-order valence-electron chi connectivity index (χ4n) is 3.52. The van der Waals surface area contributed by atoms with Crippen LogP contribution < -0.4 is 14.8 Å². The maximum Gasteiger partial charge on any atom is 0.254 e. The molecule has 2 aromatic carbocycles. The molecule has 3 rings (SSSR count). The Labute approximate surface area is 159 Å². The van der Waals surface area contributed by atoms with Crippen molar-refractivity contribution in [1.29, 1.82) is 0 Å². The quantitative estimate of drug-likeness (QED) is 0.875. The number of amides is 2. The van der Waals surface area contributed by atoms with Gasteiger partial charge in [-0.3, -0.25) is 9.59 Å². The van der Waals surface area contributed by atoms with Crippen molar-refractivity contribution >= 4 is 17.5 Å². The minimum absolute atomic E-state index is 0.0123. The monoisotopic (exact) mass is 368 g/mol. The number of carbonyl (C=O) groups is 2. The van der Waals surface area contributed by atoms with E-state index in [0.717, 1.165) is 18.4 Å². The molecule has 1 N–H and O–H groups in total. The third-order valence-electron chi connectivity index (χ3n) is 4.74. The molecular formula is C21H24N2O4. The smallest absolute Gasteiger partial charge is 0.254 e.